The van der Waals surface area contributed by atoms with Crippen molar-refractivity contribution in [2.75, 3.05) is 47.1 Å². The molecule has 5 aliphatic rings. The number of aryl methyl sites for hydroxylation is 1. The Balaban J connectivity index is 0.666. The summed E-state index contributed by atoms with van der Waals surface area (Å²) in [6.45, 7) is 6.46. The van der Waals surface area contributed by atoms with E-state index in [0.717, 1.165) is 43.2 Å². The number of rotatable bonds is 31. The molecule has 11 atom stereocenters. The van der Waals surface area contributed by atoms with Crippen LogP contribution in [0.4, 0.5) is 0 Å². The van der Waals surface area contributed by atoms with Crippen molar-refractivity contribution in [2.45, 2.75) is 197 Å². The molecule has 0 unspecified atom stereocenters. The average Bonchev–Trinajstić information content (AvgIpc) is 1.66. The van der Waals surface area contributed by atoms with Gasteiger partial charge in [-0.1, -0.05) is 97.8 Å². The highest BCUT2D eigenvalue weighted by Crippen LogP contribution is 2.37. The largest absolute Gasteiger partial charge is 0.396 e. The van der Waals surface area contributed by atoms with Crippen LogP contribution in [0.15, 0.2) is 73.1 Å². The molecule has 490 valence electrons. The number of fused-ring (bicyclic) bond motifs is 2. The zero-order chi connectivity index (χ0) is 63.5. The molecule has 7 amide bonds. The summed E-state index contributed by atoms with van der Waals surface area (Å²) < 4.78 is 15.6. The third-order valence-electron chi connectivity index (χ3n) is 19.3. The molecule has 2 aromatic carbocycles. The minimum Gasteiger partial charge on any atom is -0.396 e. The third kappa shape index (κ3) is 17.4. The Bertz CT molecular complexity index is 2970. The van der Waals surface area contributed by atoms with E-state index in [4.69, 9.17) is 9.47 Å². The smallest absolute Gasteiger partial charge is 0.246 e. The zero-order valence-corrected chi connectivity index (χ0v) is 52.8. The number of benzene rings is 2. The Hall–Kier alpha value is -7.19. The number of aromatic nitrogens is 6. The summed E-state index contributed by atoms with van der Waals surface area (Å²) >= 11 is 0. The van der Waals surface area contributed by atoms with Gasteiger partial charge in [-0.25, -0.2) is 9.36 Å². The summed E-state index contributed by atoms with van der Waals surface area (Å²) in [5, 5.41) is 48.9. The predicted molar refractivity (Wildman–Crippen MR) is 333 cm³/mol. The minimum atomic E-state index is -0.945. The molecule has 0 radical (unpaired) electrons. The van der Waals surface area contributed by atoms with Crippen LogP contribution in [-0.4, -0.2) is 182 Å². The molecular weight excluding hydrogens is 1150 g/mol. The summed E-state index contributed by atoms with van der Waals surface area (Å²) in [5.74, 6) is -1.80. The first-order valence-corrected chi connectivity index (χ1v) is 32.9. The molecule has 0 bridgehead atoms. The number of hydrogen-bond acceptors (Lipinski definition) is 16. The Morgan fingerprint density at radius 3 is 1.87 bits per heavy atom. The number of nitrogens with one attached hydrogen (secondary N) is 7. The summed E-state index contributed by atoms with van der Waals surface area (Å²) in [4.78, 5) is 100.0. The number of likely N-dealkylation sites (N-methyl/N-ethyl adjacent to an activating group) is 2. The van der Waals surface area contributed by atoms with Crippen molar-refractivity contribution in [1.29, 1.82) is 0 Å². The Morgan fingerprint density at radius 2 is 1.23 bits per heavy atom. The van der Waals surface area contributed by atoms with E-state index in [1.165, 1.54) is 0 Å². The van der Waals surface area contributed by atoms with Gasteiger partial charge < -0.3 is 61.6 Å². The highest BCUT2D eigenvalue weighted by Gasteiger charge is 2.50. The summed E-state index contributed by atoms with van der Waals surface area (Å²) in [7, 11) is 3.40. The lowest BCUT2D eigenvalue weighted by molar-refractivity contribution is -0.144. The maximum absolute atomic E-state index is 14.5. The number of carbonyl (C=O) groups is 7. The first-order chi connectivity index (χ1) is 43.8. The van der Waals surface area contributed by atoms with E-state index in [1.807, 2.05) is 80.7 Å². The second-order valence-electron chi connectivity index (χ2n) is 25.1. The average molecular weight is 1250 g/mol. The lowest BCUT2D eigenvalue weighted by Gasteiger charge is -2.33. The van der Waals surface area contributed by atoms with Crippen LogP contribution in [-0.2, 0) is 69.3 Å². The number of ether oxygens (including phenoxy) is 2. The van der Waals surface area contributed by atoms with Gasteiger partial charge in [0.15, 0.2) is 0 Å². The SMILES string of the molecule is CC[C@H](NC)C(=O)N[C@@H]1C(=O)N2[C@@H](CC[C@@H]1CNC(=O)CCc1cn(COCCC3CCC(COCCn4cc([C@@H](NC(=O)[C@@H]5CC[C@@H]6CC[C@H](CO)[C@H](NC(=O)[C@H](CC)NC)C(=O)N65)c5ccccc5)nn4)CC3)nn1)CC[C@H]2C(=O)NCc1ccccc1. The number of amides is 7. The normalized spacial score (nSPS) is 25.3. The fourth-order valence-electron chi connectivity index (χ4n) is 14.0. The molecule has 4 aliphatic heterocycles. The van der Waals surface area contributed by atoms with Crippen molar-refractivity contribution in [1.82, 2.24) is 77.0 Å². The first-order valence-electron chi connectivity index (χ1n) is 32.9. The van der Waals surface area contributed by atoms with Crippen LogP contribution in [0.25, 0.3) is 0 Å². The van der Waals surface area contributed by atoms with Gasteiger partial charge in [0.1, 0.15) is 36.6 Å². The van der Waals surface area contributed by atoms with E-state index in [1.54, 1.807) is 39.5 Å². The van der Waals surface area contributed by atoms with Crippen LogP contribution in [0.2, 0.25) is 0 Å². The molecule has 0 spiro atoms. The lowest BCUT2D eigenvalue weighted by atomic mass is 9.81. The quantitative estimate of drug-likeness (QED) is 0.0336. The Labute approximate surface area is 528 Å². The van der Waals surface area contributed by atoms with Crippen LogP contribution in [0.5, 0.6) is 0 Å². The second kappa shape index (κ2) is 33.2. The molecule has 9 rings (SSSR count). The fraction of sp³-hybridized carbons (Fsp3) is 0.646. The molecule has 4 aromatic rings. The van der Waals surface area contributed by atoms with E-state index >= 15 is 0 Å². The Morgan fingerprint density at radius 1 is 0.644 bits per heavy atom. The van der Waals surface area contributed by atoms with Gasteiger partial charge in [0, 0.05) is 69.7 Å². The van der Waals surface area contributed by atoms with Crippen LogP contribution in [0, 0.1) is 23.7 Å². The van der Waals surface area contributed by atoms with Gasteiger partial charge in [0.05, 0.1) is 49.4 Å². The molecule has 8 N–H and O–H groups in total. The van der Waals surface area contributed by atoms with E-state index in [9.17, 15) is 38.7 Å². The standard InChI is InChI=1S/C65H95N15O10/c1-5-51(66-3)60(83)71-58-46(21-24-49-26-28-54(79(49)64(58)87)62(85)69-35-43-13-9-7-10-14-43)36-68-56(82)30-23-48-37-78(75-73-48)41-90-33-31-42-17-19-44(20-18-42)40-89-34-32-77-38-53(74-76-77)57(45-15-11-8-12-16-45)70-63(86)55-29-27-50-25-22-47(39-81)59(65(88)80(50)55)72-61(84)52(6-2)67-4/h7-16,37-38,42,44,46-47,49-52,54-55,57-59,66-67,81H,5-6,17-36,39-41H2,1-4H3,(H,68,82)(H,69,85)(H,70,86)(H,71,83)(H,72,84)/t42?,44?,46-,47-,49+,50+,51+,52+,54+,55+,57+,58+,59+/m1/s1. The van der Waals surface area contributed by atoms with E-state index in [2.05, 4.69) is 57.8 Å². The lowest BCUT2D eigenvalue weighted by Crippen LogP contribution is -2.59. The first kappa shape index (κ1) is 67.2. The number of carbonyl (C=O) groups excluding carboxylic acids is 7. The van der Waals surface area contributed by atoms with Gasteiger partial charge in [0.25, 0.3) is 0 Å². The summed E-state index contributed by atoms with van der Waals surface area (Å²) in [6.07, 6.45) is 15.2. The molecule has 1 saturated carbocycles. The molecule has 5 fully saturated rings. The number of nitrogens with zero attached hydrogens (tertiary/aromatic N) is 8. The van der Waals surface area contributed by atoms with Crippen molar-refractivity contribution in [2.24, 2.45) is 23.7 Å². The molecule has 4 saturated heterocycles. The molecular formula is C65H95N15O10. The topological polar surface area (TPSA) is 310 Å². The van der Waals surface area contributed by atoms with Crippen molar-refractivity contribution >= 4 is 41.4 Å². The van der Waals surface area contributed by atoms with Crippen LogP contribution < -0.4 is 37.2 Å². The molecule has 90 heavy (non-hydrogen) atoms. The molecule has 6 heterocycles. The monoisotopic (exact) mass is 1250 g/mol. The van der Waals surface area contributed by atoms with E-state index in [0.29, 0.717) is 127 Å². The maximum Gasteiger partial charge on any atom is 0.246 e. The van der Waals surface area contributed by atoms with Gasteiger partial charge in [-0.05, 0) is 121 Å². The third-order valence-corrected chi connectivity index (χ3v) is 19.3. The van der Waals surface area contributed by atoms with E-state index < -0.39 is 48.2 Å². The fourth-order valence-corrected chi connectivity index (χ4v) is 14.0. The molecule has 2 aromatic heterocycles. The second-order valence-corrected chi connectivity index (χ2v) is 25.1. The maximum atomic E-state index is 14.5. The van der Waals surface area contributed by atoms with Gasteiger partial charge in [0.2, 0.25) is 41.4 Å². The van der Waals surface area contributed by atoms with Crippen LogP contribution in [0.1, 0.15) is 145 Å². The highest BCUT2D eigenvalue weighted by atomic mass is 16.5. The van der Waals surface area contributed by atoms with E-state index in [-0.39, 0.29) is 85.7 Å². The number of hydrogen-bond donors (Lipinski definition) is 8. The highest BCUT2D eigenvalue weighted by molar-refractivity contribution is 5.95. The molecule has 25 nitrogen and oxygen atoms in total. The molecule has 1 aliphatic carbocycles. The molecule has 25 heteroatoms. The van der Waals surface area contributed by atoms with Crippen molar-refractivity contribution in [3.8, 4) is 0 Å². The van der Waals surface area contributed by atoms with Crippen LogP contribution in [0.3, 0.4) is 0 Å². The summed E-state index contributed by atoms with van der Waals surface area (Å²) in [6, 6.07) is 14.0. The van der Waals surface area contributed by atoms with Gasteiger partial charge in [-0.15, -0.1) is 10.2 Å². The zero-order valence-electron chi connectivity index (χ0n) is 52.8. The van der Waals surface area contributed by atoms with Crippen molar-refractivity contribution < 1.29 is 48.1 Å². The van der Waals surface area contributed by atoms with Gasteiger partial charge >= 0.3 is 0 Å². The summed E-state index contributed by atoms with van der Waals surface area (Å²) in [5.41, 5.74) is 2.99. The Kier molecular flexibility index (Phi) is 24.8. The van der Waals surface area contributed by atoms with Gasteiger partial charge in [-0.3, -0.25) is 33.6 Å². The van der Waals surface area contributed by atoms with Crippen LogP contribution >= 0.6 is 0 Å². The number of aliphatic hydroxyl groups is 1. The predicted octanol–water partition coefficient (Wildman–Crippen LogP) is 2.82. The van der Waals surface area contributed by atoms with Crippen molar-refractivity contribution in [3.63, 3.8) is 0 Å². The number of aliphatic hydroxyl groups excluding tert-OH is 1. The minimum absolute atomic E-state index is 0.138. The van der Waals surface area contributed by atoms with Gasteiger partial charge in [-0.2, -0.15) is 0 Å². The van der Waals surface area contributed by atoms with Crippen molar-refractivity contribution in [3.05, 3.63) is 95.6 Å².